The first-order valence-electron chi connectivity index (χ1n) is 8.43. The molecule has 124 valence electrons. The molecule has 0 N–H and O–H groups in total. The molecule has 0 saturated carbocycles. The second kappa shape index (κ2) is 6.98. The minimum Gasteiger partial charge on any atom is -0.343 e. The van der Waals surface area contributed by atoms with Crippen LogP contribution in [0.1, 0.15) is 43.5 Å². The molecule has 0 aromatic carbocycles. The van der Waals surface area contributed by atoms with E-state index < -0.39 is 0 Å². The Balaban J connectivity index is 1.49. The standard InChI is InChI=1S/C17H25N5O/c1-3-21-11-8-18-17(21)15-6-9-22(10-7-15)16(23)5-4-14-12-19-20(2)13-14/h8,11-13,15H,3-7,9-10H2,1-2H3. The third-order valence-electron chi connectivity index (χ3n) is 4.69. The number of piperidine rings is 1. The maximum atomic E-state index is 12.4. The number of carbonyl (C=O) groups is 1. The van der Waals surface area contributed by atoms with Crippen molar-refractivity contribution in [2.45, 2.75) is 45.1 Å². The number of nitrogens with zero attached hydrogens (tertiary/aromatic N) is 5. The highest BCUT2D eigenvalue weighted by Crippen LogP contribution is 2.27. The lowest BCUT2D eigenvalue weighted by Crippen LogP contribution is -2.38. The number of likely N-dealkylation sites (tertiary alicyclic amines) is 1. The predicted octanol–water partition coefficient (Wildman–Crippen LogP) is 1.98. The van der Waals surface area contributed by atoms with Crippen molar-refractivity contribution < 1.29 is 4.79 Å². The Labute approximate surface area is 137 Å². The average Bonchev–Trinajstić information content (AvgIpc) is 3.21. The summed E-state index contributed by atoms with van der Waals surface area (Å²) in [7, 11) is 1.90. The fourth-order valence-corrected chi connectivity index (χ4v) is 3.35. The number of amides is 1. The van der Waals surface area contributed by atoms with Gasteiger partial charge < -0.3 is 9.47 Å². The second-order valence-electron chi connectivity index (χ2n) is 6.25. The van der Waals surface area contributed by atoms with E-state index >= 15 is 0 Å². The Morgan fingerprint density at radius 3 is 2.78 bits per heavy atom. The normalized spacial score (nSPS) is 16.0. The van der Waals surface area contributed by atoms with Crippen molar-refractivity contribution in [2.75, 3.05) is 13.1 Å². The van der Waals surface area contributed by atoms with Gasteiger partial charge in [-0.3, -0.25) is 9.48 Å². The third kappa shape index (κ3) is 3.63. The molecule has 0 spiro atoms. The lowest BCUT2D eigenvalue weighted by molar-refractivity contribution is -0.132. The van der Waals surface area contributed by atoms with Crippen molar-refractivity contribution in [1.82, 2.24) is 24.2 Å². The van der Waals surface area contributed by atoms with Gasteiger partial charge in [0, 0.05) is 57.6 Å². The summed E-state index contributed by atoms with van der Waals surface area (Å²) in [4.78, 5) is 18.9. The van der Waals surface area contributed by atoms with Gasteiger partial charge in [-0.25, -0.2) is 4.98 Å². The maximum Gasteiger partial charge on any atom is 0.222 e. The van der Waals surface area contributed by atoms with Crippen molar-refractivity contribution in [2.24, 2.45) is 7.05 Å². The molecular formula is C17H25N5O. The molecule has 3 heterocycles. The molecule has 0 aliphatic carbocycles. The number of hydrogen-bond donors (Lipinski definition) is 0. The van der Waals surface area contributed by atoms with Gasteiger partial charge in [-0.05, 0) is 31.7 Å². The molecule has 6 heteroatoms. The molecule has 1 saturated heterocycles. The van der Waals surface area contributed by atoms with Crippen molar-refractivity contribution >= 4 is 5.91 Å². The molecule has 1 aliphatic rings. The van der Waals surface area contributed by atoms with E-state index in [1.807, 2.05) is 36.7 Å². The average molecular weight is 315 g/mol. The number of rotatable bonds is 5. The van der Waals surface area contributed by atoms with E-state index in [0.717, 1.165) is 44.5 Å². The molecular weight excluding hydrogens is 290 g/mol. The molecule has 1 aliphatic heterocycles. The van der Waals surface area contributed by atoms with E-state index in [1.54, 1.807) is 4.68 Å². The minimum absolute atomic E-state index is 0.256. The van der Waals surface area contributed by atoms with Crippen LogP contribution in [0.5, 0.6) is 0 Å². The smallest absolute Gasteiger partial charge is 0.222 e. The predicted molar refractivity (Wildman–Crippen MR) is 88.0 cm³/mol. The number of carbonyl (C=O) groups excluding carboxylic acids is 1. The number of hydrogen-bond acceptors (Lipinski definition) is 3. The number of aryl methyl sites for hydroxylation is 3. The van der Waals surface area contributed by atoms with E-state index in [9.17, 15) is 4.79 Å². The molecule has 0 bridgehead atoms. The third-order valence-corrected chi connectivity index (χ3v) is 4.69. The zero-order chi connectivity index (χ0) is 16.2. The fraction of sp³-hybridized carbons (Fsp3) is 0.588. The van der Waals surface area contributed by atoms with Crippen LogP contribution >= 0.6 is 0 Å². The molecule has 0 atom stereocenters. The SMILES string of the molecule is CCn1ccnc1C1CCN(C(=O)CCc2cnn(C)c2)CC1. The summed E-state index contributed by atoms with van der Waals surface area (Å²) in [5.41, 5.74) is 1.13. The number of aromatic nitrogens is 4. The van der Waals surface area contributed by atoms with E-state index in [2.05, 4.69) is 21.6 Å². The van der Waals surface area contributed by atoms with Gasteiger partial charge in [0.15, 0.2) is 0 Å². The molecule has 1 fully saturated rings. The molecule has 6 nitrogen and oxygen atoms in total. The van der Waals surface area contributed by atoms with Gasteiger partial charge in [0.05, 0.1) is 6.20 Å². The zero-order valence-corrected chi connectivity index (χ0v) is 14.0. The van der Waals surface area contributed by atoms with Crippen LogP contribution in [0.2, 0.25) is 0 Å². The van der Waals surface area contributed by atoms with Crippen LogP contribution in [-0.4, -0.2) is 43.2 Å². The summed E-state index contributed by atoms with van der Waals surface area (Å²) in [5, 5.41) is 4.14. The summed E-state index contributed by atoms with van der Waals surface area (Å²) in [6.45, 7) is 4.78. The lowest BCUT2D eigenvalue weighted by Gasteiger charge is -2.32. The van der Waals surface area contributed by atoms with E-state index in [-0.39, 0.29) is 5.91 Å². The van der Waals surface area contributed by atoms with Gasteiger partial charge in [0.25, 0.3) is 0 Å². The van der Waals surface area contributed by atoms with Crippen LogP contribution in [0.3, 0.4) is 0 Å². The van der Waals surface area contributed by atoms with Crippen LogP contribution in [0, 0.1) is 0 Å². The first-order valence-corrected chi connectivity index (χ1v) is 8.43. The minimum atomic E-state index is 0.256. The molecule has 2 aromatic heterocycles. The monoisotopic (exact) mass is 315 g/mol. The van der Waals surface area contributed by atoms with Gasteiger partial charge in [-0.2, -0.15) is 5.10 Å². The Hall–Kier alpha value is -2.11. The van der Waals surface area contributed by atoms with Gasteiger partial charge >= 0.3 is 0 Å². The molecule has 23 heavy (non-hydrogen) atoms. The van der Waals surface area contributed by atoms with Crippen molar-refractivity contribution in [3.63, 3.8) is 0 Å². The summed E-state index contributed by atoms with van der Waals surface area (Å²) in [6, 6.07) is 0. The van der Waals surface area contributed by atoms with E-state index in [1.165, 1.54) is 5.82 Å². The molecule has 1 amide bonds. The van der Waals surface area contributed by atoms with Crippen LogP contribution in [0.25, 0.3) is 0 Å². The molecule has 2 aromatic rings. The maximum absolute atomic E-state index is 12.4. The number of imidazole rings is 1. The van der Waals surface area contributed by atoms with Gasteiger partial charge in [-0.1, -0.05) is 0 Å². The highest BCUT2D eigenvalue weighted by Gasteiger charge is 2.25. The van der Waals surface area contributed by atoms with Gasteiger partial charge in [0.1, 0.15) is 5.82 Å². The zero-order valence-electron chi connectivity index (χ0n) is 14.0. The van der Waals surface area contributed by atoms with Gasteiger partial charge in [0.2, 0.25) is 5.91 Å². The first kappa shape index (κ1) is 15.8. The second-order valence-corrected chi connectivity index (χ2v) is 6.25. The van der Waals surface area contributed by atoms with Crippen molar-refractivity contribution in [3.05, 3.63) is 36.2 Å². The van der Waals surface area contributed by atoms with Crippen LogP contribution in [0.4, 0.5) is 0 Å². The van der Waals surface area contributed by atoms with Gasteiger partial charge in [-0.15, -0.1) is 0 Å². The Morgan fingerprint density at radius 2 is 2.13 bits per heavy atom. The highest BCUT2D eigenvalue weighted by molar-refractivity contribution is 5.76. The molecule has 3 rings (SSSR count). The van der Waals surface area contributed by atoms with Crippen LogP contribution in [-0.2, 0) is 24.8 Å². The van der Waals surface area contributed by atoms with E-state index in [0.29, 0.717) is 12.3 Å². The first-order chi connectivity index (χ1) is 11.2. The van der Waals surface area contributed by atoms with Crippen LogP contribution < -0.4 is 0 Å². The lowest BCUT2D eigenvalue weighted by atomic mass is 9.95. The Kier molecular flexibility index (Phi) is 4.79. The summed E-state index contributed by atoms with van der Waals surface area (Å²) < 4.78 is 3.99. The van der Waals surface area contributed by atoms with E-state index in [4.69, 9.17) is 0 Å². The van der Waals surface area contributed by atoms with Crippen molar-refractivity contribution in [1.29, 1.82) is 0 Å². The molecule has 0 unspecified atom stereocenters. The van der Waals surface area contributed by atoms with Crippen LogP contribution in [0.15, 0.2) is 24.8 Å². The summed E-state index contributed by atoms with van der Waals surface area (Å²) >= 11 is 0. The topological polar surface area (TPSA) is 56.0 Å². The van der Waals surface area contributed by atoms with Crippen molar-refractivity contribution in [3.8, 4) is 0 Å². The quantitative estimate of drug-likeness (QED) is 0.848. The summed E-state index contributed by atoms with van der Waals surface area (Å²) in [6.07, 6.45) is 11.1. The Morgan fingerprint density at radius 1 is 1.35 bits per heavy atom. The summed E-state index contributed by atoms with van der Waals surface area (Å²) in [5.74, 6) is 1.91. The Bertz CT molecular complexity index is 651. The highest BCUT2D eigenvalue weighted by atomic mass is 16.2. The molecule has 0 radical (unpaired) electrons. The largest absolute Gasteiger partial charge is 0.343 e. The fourth-order valence-electron chi connectivity index (χ4n) is 3.35.